The fourth-order valence-corrected chi connectivity index (χ4v) is 3.56. The number of alkyl halides is 1. The van der Waals surface area contributed by atoms with Gasteiger partial charge in [0.2, 0.25) is 15.4 Å². The van der Waals surface area contributed by atoms with Gasteiger partial charge in [-0.25, -0.2) is 13.1 Å². The summed E-state index contributed by atoms with van der Waals surface area (Å²) >= 11 is 4.21. The summed E-state index contributed by atoms with van der Waals surface area (Å²) in [5.41, 5.74) is 0. The number of rotatable bonds is 7. The van der Waals surface area contributed by atoms with Crippen LogP contribution in [0.2, 0.25) is 0 Å². The van der Waals surface area contributed by atoms with Crippen molar-refractivity contribution in [1.29, 1.82) is 0 Å². The number of sulfonamides is 1. The molecule has 0 fully saturated rings. The molecule has 0 saturated heterocycles. The summed E-state index contributed by atoms with van der Waals surface area (Å²) in [5, 5.41) is 9.69. The Hall–Kier alpha value is -0.580. The lowest BCUT2D eigenvalue weighted by Gasteiger charge is -2.04. The molecule has 0 aromatic carbocycles. The van der Waals surface area contributed by atoms with E-state index in [0.29, 0.717) is 11.4 Å². The van der Waals surface area contributed by atoms with Crippen LogP contribution in [0.5, 0.6) is 0 Å². The van der Waals surface area contributed by atoms with Crippen molar-refractivity contribution in [3.8, 4) is 0 Å². The maximum absolute atomic E-state index is 11.8. The van der Waals surface area contributed by atoms with Gasteiger partial charge >= 0.3 is 0 Å². The Morgan fingerprint density at radius 2 is 2.16 bits per heavy atom. The van der Waals surface area contributed by atoms with Crippen LogP contribution in [0.1, 0.15) is 26.7 Å². The van der Waals surface area contributed by atoms with Gasteiger partial charge in [0.25, 0.3) is 10.0 Å². The molecular formula is C9H15BrN4O3S2. The van der Waals surface area contributed by atoms with E-state index in [2.05, 4.69) is 36.2 Å². The maximum atomic E-state index is 11.8. The molecule has 108 valence electrons. The van der Waals surface area contributed by atoms with Crippen LogP contribution in [0, 0.1) is 0 Å². The van der Waals surface area contributed by atoms with Gasteiger partial charge in [0.1, 0.15) is 0 Å². The van der Waals surface area contributed by atoms with Gasteiger partial charge in [-0.05, 0) is 12.8 Å². The van der Waals surface area contributed by atoms with Crippen LogP contribution in [0.25, 0.3) is 0 Å². The molecule has 1 heterocycles. The minimum atomic E-state index is -3.64. The van der Waals surface area contributed by atoms with Crippen molar-refractivity contribution in [2.24, 2.45) is 0 Å². The molecule has 7 nitrogen and oxygen atoms in total. The second-order valence-corrected chi connectivity index (χ2v) is 8.36. The highest BCUT2D eigenvalue weighted by molar-refractivity contribution is 9.09. The summed E-state index contributed by atoms with van der Waals surface area (Å²) in [7, 11) is -3.64. The Labute approximate surface area is 124 Å². The topological polar surface area (TPSA) is 101 Å². The number of aromatic nitrogens is 2. The molecule has 0 aliphatic rings. The van der Waals surface area contributed by atoms with E-state index in [9.17, 15) is 13.2 Å². The van der Waals surface area contributed by atoms with Crippen molar-refractivity contribution in [2.75, 3.05) is 11.9 Å². The van der Waals surface area contributed by atoms with Crippen LogP contribution in [0.3, 0.4) is 0 Å². The van der Waals surface area contributed by atoms with Gasteiger partial charge in [0.05, 0.1) is 0 Å². The molecule has 0 bridgehead atoms. The van der Waals surface area contributed by atoms with E-state index < -0.39 is 10.0 Å². The molecule has 0 radical (unpaired) electrons. The number of amides is 1. The standard InChI is InChI=1S/C9H15BrN4O3S2/c1-6(10)4-3-5-11-19(16,17)9-14-13-8(18-9)12-7(2)15/h6,11H,3-5H2,1-2H3,(H,12,13,15). The average molecular weight is 371 g/mol. The van der Waals surface area contributed by atoms with Crippen molar-refractivity contribution < 1.29 is 13.2 Å². The first-order valence-corrected chi connectivity index (χ1v) is 8.77. The average Bonchev–Trinajstić information content (AvgIpc) is 2.72. The second kappa shape index (κ2) is 7.27. The van der Waals surface area contributed by atoms with E-state index in [-0.39, 0.29) is 15.4 Å². The smallest absolute Gasteiger partial charge is 0.269 e. The first-order valence-electron chi connectivity index (χ1n) is 5.56. The molecule has 0 aliphatic heterocycles. The van der Waals surface area contributed by atoms with E-state index in [1.807, 2.05) is 6.92 Å². The van der Waals surface area contributed by atoms with Crippen molar-refractivity contribution in [2.45, 2.75) is 35.9 Å². The van der Waals surface area contributed by atoms with Gasteiger partial charge < -0.3 is 5.32 Å². The Balaban J connectivity index is 2.57. The molecule has 1 atom stereocenters. The largest absolute Gasteiger partial charge is 0.301 e. The van der Waals surface area contributed by atoms with Crippen molar-refractivity contribution >= 4 is 48.3 Å². The molecule has 19 heavy (non-hydrogen) atoms. The second-order valence-electron chi connectivity index (χ2n) is 3.88. The monoisotopic (exact) mass is 370 g/mol. The number of nitrogens with one attached hydrogen (secondary N) is 2. The molecule has 1 aromatic rings. The molecule has 1 unspecified atom stereocenters. The van der Waals surface area contributed by atoms with Gasteiger partial charge in [-0.15, -0.1) is 10.2 Å². The Morgan fingerprint density at radius 3 is 2.74 bits per heavy atom. The first-order chi connectivity index (χ1) is 8.81. The molecule has 0 aliphatic carbocycles. The summed E-state index contributed by atoms with van der Waals surface area (Å²) in [5.74, 6) is -0.320. The molecule has 0 saturated carbocycles. The number of nitrogens with zero attached hydrogens (tertiary/aromatic N) is 2. The summed E-state index contributed by atoms with van der Waals surface area (Å²) in [6, 6.07) is 0. The number of carbonyl (C=O) groups is 1. The minimum absolute atomic E-state index is 0.150. The molecule has 2 N–H and O–H groups in total. The molecule has 1 rings (SSSR count). The third-order valence-corrected chi connectivity index (χ3v) is 5.12. The van der Waals surface area contributed by atoms with E-state index in [1.165, 1.54) is 6.92 Å². The van der Waals surface area contributed by atoms with E-state index in [4.69, 9.17) is 0 Å². The highest BCUT2D eigenvalue weighted by atomic mass is 79.9. The highest BCUT2D eigenvalue weighted by Gasteiger charge is 2.19. The predicted octanol–water partition coefficient (Wildman–Crippen LogP) is 1.34. The summed E-state index contributed by atoms with van der Waals surface area (Å²) in [6.07, 6.45) is 1.60. The van der Waals surface area contributed by atoms with Crippen LogP contribution in [0.4, 0.5) is 5.13 Å². The number of halogens is 1. The van der Waals surface area contributed by atoms with Crippen molar-refractivity contribution in [3.63, 3.8) is 0 Å². The van der Waals surface area contributed by atoms with Crippen molar-refractivity contribution in [3.05, 3.63) is 0 Å². The minimum Gasteiger partial charge on any atom is -0.301 e. The van der Waals surface area contributed by atoms with Crippen LogP contribution >= 0.6 is 27.3 Å². The maximum Gasteiger partial charge on any atom is 0.269 e. The van der Waals surface area contributed by atoms with Crippen LogP contribution in [0.15, 0.2) is 4.34 Å². The lowest BCUT2D eigenvalue weighted by atomic mass is 10.2. The SMILES string of the molecule is CC(=O)Nc1nnc(S(=O)(=O)NCCCC(C)Br)s1. The molecule has 1 amide bonds. The Morgan fingerprint density at radius 1 is 1.47 bits per heavy atom. The van der Waals surface area contributed by atoms with E-state index >= 15 is 0 Å². The zero-order valence-electron chi connectivity index (χ0n) is 10.5. The summed E-state index contributed by atoms with van der Waals surface area (Å²) in [6.45, 7) is 3.65. The fourth-order valence-electron chi connectivity index (χ4n) is 1.17. The lowest BCUT2D eigenvalue weighted by molar-refractivity contribution is -0.114. The lowest BCUT2D eigenvalue weighted by Crippen LogP contribution is -2.25. The van der Waals surface area contributed by atoms with E-state index in [1.54, 1.807) is 0 Å². The normalized spacial score (nSPS) is 13.2. The summed E-state index contributed by atoms with van der Waals surface area (Å²) in [4.78, 5) is 11.2. The number of hydrogen-bond donors (Lipinski definition) is 2. The number of carbonyl (C=O) groups excluding carboxylic acids is 1. The quantitative estimate of drug-likeness (QED) is 0.428. The first kappa shape index (κ1) is 16.5. The molecule has 0 spiro atoms. The zero-order chi connectivity index (χ0) is 14.5. The summed E-state index contributed by atoms with van der Waals surface area (Å²) < 4.78 is 26.0. The molecule has 1 aromatic heterocycles. The van der Waals surface area contributed by atoms with Crippen LogP contribution in [-0.2, 0) is 14.8 Å². The molecular weight excluding hydrogens is 356 g/mol. The van der Waals surface area contributed by atoms with Crippen LogP contribution in [-0.4, -0.2) is 35.9 Å². The zero-order valence-corrected chi connectivity index (χ0v) is 13.7. The predicted molar refractivity (Wildman–Crippen MR) is 77.0 cm³/mol. The Kier molecular flexibility index (Phi) is 6.30. The molecule has 10 heteroatoms. The fraction of sp³-hybridized carbons (Fsp3) is 0.667. The van der Waals surface area contributed by atoms with E-state index in [0.717, 1.165) is 24.2 Å². The van der Waals surface area contributed by atoms with Gasteiger partial charge in [-0.1, -0.05) is 34.2 Å². The number of hydrogen-bond acceptors (Lipinski definition) is 6. The van der Waals surface area contributed by atoms with Gasteiger partial charge in [-0.3, -0.25) is 4.79 Å². The third kappa shape index (κ3) is 5.93. The Bertz CT molecular complexity index is 529. The highest BCUT2D eigenvalue weighted by Crippen LogP contribution is 2.19. The van der Waals surface area contributed by atoms with Crippen molar-refractivity contribution in [1.82, 2.24) is 14.9 Å². The third-order valence-electron chi connectivity index (χ3n) is 1.99. The van der Waals surface area contributed by atoms with Gasteiger partial charge in [0, 0.05) is 18.3 Å². The van der Waals surface area contributed by atoms with Crippen LogP contribution < -0.4 is 10.0 Å². The van der Waals surface area contributed by atoms with Gasteiger partial charge in [-0.2, -0.15) is 0 Å². The number of anilines is 1. The van der Waals surface area contributed by atoms with Gasteiger partial charge in [0.15, 0.2) is 0 Å².